The Balaban J connectivity index is 1.80. The van der Waals surface area contributed by atoms with E-state index in [0.717, 1.165) is 25.3 Å². The number of hydrogen-bond donors (Lipinski definition) is 1. The van der Waals surface area contributed by atoms with E-state index in [4.69, 9.17) is 4.42 Å². The molecule has 2 heteroatoms. The number of rotatable bonds is 5. The van der Waals surface area contributed by atoms with Gasteiger partial charge in [0.2, 0.25) is 0 Å². The maximum atomic E-state index is 5.29. The molecule has 0 aliphatic carbocycles. The fraction of sp³-hybridized carbons (Fsp3) is 0.333. The van der Waals surface area contributed by atoms with Gasteiger partial charge in [-0.15, -0.1) is 0 Å². The smallest absolute Gasteiger partial charge is 0.105 e. The first-order chi connectivity index (χ1) is 8.27. The first-order valence-corrected chi connectivity index (χ1v) is 6.05. The van der Waals surface area contributed by atoms with Crippen LogP contribution >= 0.6 is 0 Å². The Morgan fingerprint density at radius 3 is 2.76 bits per heavy atom. The molecular weight excluding hydrogens is 210 g/mol. The summed E-state index contributed by atoms with van der Waals surface area (Å²) in [6.45, 7) is 6.20. The largest absolute Gasteiger partial charge is 0.469 e. The Morgan fingerprint density at radius 2 is 2.00 bits per heavy atom. The second-order valence-electron chi connectivity index (χ2n) is 4.37. The summed E-state index contributed by atoms with van der Waals surface area (Å²) in [5, 5.41) is 3.45. The van der Waals surface area contributed by atoms with Gasteiger partial charge in [0.1, 0.15) is 5.76 Å². The molecule has 0 radical (unpaired) electrons. The standard InChI is InChI=1S/C15H19NO/c1-12-5-3-6-14(13(12)2)11-16-9-8-15-7-4-10-17-15/h3-7,10,16H,8-9,11H2,1-2H3. The van der Waals surface area contributed by atoms with Crippen molar-refractivity contribution in [1.82, 2.24) is 5.32 Å². The summed E-state index contributed by atoms with van der Waals surface area (Å²) in [6, 6.07) is 10.4. The predicted molar refractivity (Wildman–Crippen MR) is 70.0 cm³/mol. The lowest BCUT2D eigenvalue weighted by molar-refractivity contribution is 0.498. The third-order valence-electron chi connectivity index (χ3n) is 3.16. The molecule has 0 aliphatic heterocycles. The molecule has 1 N–H and O–H groups in total. The van der Waals surface area contributed by atoms with E-state index in [-0.39, 0.29) is 0 Å². The third-order valence-corrected chi connectivity index (χ3v) is 3.16. The Labute approximate surface area is 103 Å². The van der Waals surface area contributed by atoms with Gasteiger partial charge < -0.3 is 9.73 Å². The van der Waals surface area contributed by atoms with Crippen LogP contribution < -0.4 is 5.32 Å². The minimum Gasteiger partial charge on any atom is -0.469 e. The maximum Gasteiger partial charge on any atom is 0.105 e. The Morgan fingerprint density at radius 1 is 1.12 bits per heavy atom. The van der Waals surface area contributed by atoms with E-state index in [1.54, 1.807) is 6.26 Å². The van der Waals surface area contributed by atoms with Crippen LogP contribution in [-0.4, -0.2) is 6.54 Å². The molecule has 1 aromatic carbocycles. The molecule has 0 fully saturated rings. The fourth-order valence-corrected chi connectivity index (χ4v) is 1.89. The molecule has 0 saturated carbocycles. The van der Waals surface area contributed by atoms with Crippen LogP contribution in [0.3, 0.4) is 0 Å². The van der Waals surface area contributed by atoms with E-state index in [9.17, 15) is 0 Å². The topological polar surface area (TPSA) is 25.2 Å². The van der Waals surface area contributed by atoms with Crippen molar-refractivity contribution in [2.45, 2.75) is 26.8 Å². The zero-order valence-electron chi connectivity index (χ0n) is 10.5. The molecule has 0 unspecified atom stereocenters. The van der Waals surface area contributed by atoms with E-state index in [1.807, 2.05) is 12.1 Å². The van der Waals surface area contributed by atoms with Gasteiger partial charge in [-0.05, 0) is 42.7 Å². The van der Waals surface area contributed by atoms with Gasteiger partial charge in [0.25, 0.3) is 0 Å². The minimum atomic E-state index is 0.925. The van der Waals surface area contributed by atoms with Crippen LogP contribution in [0.15, 0.2) is 41.0 Å². The number of hydrogen-bond acceptors (Lipinski definition) is 2. The minimum absolute atomic E-state index is 0.925. The van der Waals surface area contributed by atoms with Crippen LogP contribution in [0, 0.1) is 13.8 Å². The lowest BCUT2D eigenvalue weighted by atomic mass is 10.0. The van der Waals surface area contributed by atoms with Gasteiger partial charge >= 0.3 is 0 Å². The van der Waals surface area contributed by atoms with Gasteiger partial charge in [0.15, 0.2) is 0 Å². The zero-order valence-corrected chi connectivity index (χ0v) is 10.5. The zero-order chi connectivity index (χ0) is 12.1. The van der Waals surface area contributed by atoms with Crippen LogP contribution in [0.4, 0.5) is 0 Å². The average Bonchev–Trinajstić information content (AvgIpc) is 2.83. The summed E-state index contributed by atoms with van der Waals surface area (Å²) in [7, 11) is 0. The first-order valence-electron chi connectivity index (χ1n) is 6.05. The van der Waals surface area contributed by atoms with Crippen molar-refractivity contribution in [3.63, 3.8) is 0 Å². The lowest BCUT2D eigenvalue weighted by Crippen LogP contribution is -2.17. The van der Waals surface area contributed by atoms with Gasteiger partial charge in [-0.1, -0.05) is 18.2 Å². The van der Waals surface area contributed by atoms with Crippen LogP contribution in [-0.2, 0) is 13.0 Å². The summed E-state index contributed by atoms with van der Waals surface area (Å²) < 4.78 is 5.29. The highest BCUT2D eigenvalue weighted by molar-refractivity contribution is 5.32. The summed E-state index contributed by atoms with van der Waals surface area (Å²) >= 11 is 0. The number of benzene rings is 1. The summed E-state index contributed by atoms with van der Waals surface area (Å²) in [5.74, 6) is 1.04. The first kappa shape index (κ1) is 11.9. The normalized spacial score (nSPS) is 10.7. The molecule has 17 heavy (non-hydrogen) atoms. The van der Waals surface area contributed by atoms with E-state index < -0.39 is 0 Å². The molecule has 0 spiro atoms. The van der Waals surface area contributed by atoms with Crippen LogP contribution in [0.5, 0.6) is 0 Å². The van der Waals surface area contributed by atoms with Gasteiger partial charge in [0, 0.05) is 19.5 Å². The second kappa shape index (κ2) is 5.69. The molecular formula is C15H19NO. The van der Waals surface area contributed by atoms with Crippen molar-refractivity contribution in [3.8, 4) is 0 Å². The van der Waals surface area contributed by atoms with Gasteiger partial charge in [0.05, 0.1) is 6.26 Å². The van der Waals surface area contributed by atoms with Crippen molar-refractivity contribution in [2.24, 2.45) is 0 Å². The number of nitrogens with one attached hydrogen (secondary N) is 1. The van der Waals surface area contributed by atoms with E-state index in [1.165, 1.54) is 16.7 Å². The Hall–Kier alpha value is -1.54. The van der Waals surface area contributed by atoms with Crippen molar-refractivity contribution in [2.75, 3.05) is 6.54 Å². The SMILES string of the molecule is Cc1cccc(CNCCc2ccco2)c1C. The Bertz CT molecular complexity index is 460. The van der Waals surface area contributed by atoms with Crippen LogP contribution in [0.25, 0.3) is 0 Å². The quantitative estimate of drug-likeness (QED) is 0.796. The fourth-order valence-electron chi connectivity index (χ4n) is 1.89. The van der Waals surface area contributed by atoms with E-state index in [0.29, 0.717) is 0 Å². The highest BCUT2D eigenvalue weighted by atomic mass is 16.3. The Kier molecular flexibility index (Phi) is 3.99. The average molecular weight is 229 g/mol. The summed E-state index contributed by atoms with van der Waals surface area (Å²) in [4.78, 5) is 0. The molecule has 2 rings (SSSR count). The van der Waals surface area contributed by atoms with E-state index >= 15 is 0 Å². The van der Waals surface area contributed by atoms with Crippen molar-refractivity contribution in [3.05, 3.63) is 59.0 Å². The van der Waals surface area contributed by atoms with Crippen LogP contribution in [0.1, 0.15) is 22.5 Å². The molecule has 0 bridgehead atoms. The number of furan rings is 1. The molecule has 0 atom stereocenters. The highest BCUT2D eigenvalue weighted by Crippen LogP contribution is 2.12. The third kappa shape index (κ3) is 3.21. The van der Waals surface area contributed by atoms with Gasteiger partial charge in [-0.3, -0.25) is 0 Å². The van der Waals surface area contributed by atoms with Crippen molar-refractivity contribution >= 4 is 0 Å². The predicted octanol–water partition coefficient (Wildman–Crippen LogP) is 3.23. The molecule has 1 heterocycles. The molecule has 0 aliphatic rings. The molecule has 0 amide bonds. The number of aryl methyl sites for hydroxylation is 1. The molecule has 2 aromatic rings. The van der Waals surface area contributed by atoms with E-state index in [2.05, 4.69) is 37.4 Å². The lowest BCUT2D eigenvalue weighted by Gasteiger charge is -2.09. The maximum absolute atomic E-state index is 5.29. The van der Waals surface area contributed by atoms with Crippen molar-refractivity contribution < 1.29 is 4.42 Å². The van der Waals surface area contributed by atoms with Gasteiger partial charge in [-0.2, -0.15) is 0 Å². The summed E-state index contributed by atoms with van der Waals surface area (Å²) in [6.07, 6.45) is 2.66. The molecule has 0 saturated heterocycles. The summed E-state index contributed by atoms with van der Waals surface area (Å²) in [5.41, 5.74) is 4.12. The highest BCUT2D eigenvalue weighted by Gasteiger charge is 2.00. The van der Waals surface area contributed by atoms with Gasteiger partial charge in [-0.25, -0.2) is 0 Å². The molecule has 90 valence electrons. The van der Waals surface area contributed by atoms with Crippen molar-refractivity contribution in [1.29, 1.82) is 0 Å². The monoisotopic (exact) mass is 229 g/mol. The van der Waals surface area contributed by atoms with Crippen LogP contribution in [0.2, 0.25) is 0 Å². The second-order valence-corrected chi connectivity index (χ2v) is 4.37. The molecule has 1 aromatic heterocycles. The molecule has 2 nitrogen and oxygen atoms in total.